The monoisotopic (exact) mass is 431 g/mol. The smallest absolute Gasteiger partial charge is 0.261 e. The lowest BCUT2D eigenvalue weighted by molar-refractivity contribution is 0.0940. The molecule has 0 unspecified atom stereocenters. The van der Waals surface area contributed by atoms with Gasteiger partial charge in [-0.05, 0) is 61.5 Å². The number of carbonyl (C=O) groups excluding carboxylic acids is 1. The number of rotatable bonds is 4. The Morgan fingerprint density at radius 3 is 2.65 bits per heavy atom. The quantitative estimate of drug-likeness (QED) is 0.618. The van der Waals surface area contributed by atoms with E-state index in [0.717, 1.165) is 16.5 Å². The third kappa shape index (κ3) is 3.94. The van der Waals surface area contributed by atoms with Gasteiger partial charge >= 0.3 is 0 Å². The Morgan fingerprint density at radius 2 is 1.96 bits per heavy atom. The molecule has 0 fully saturated rings. The summed E-state index contributed by atoms with van der Waals surface area (Å²) >= 11 is 8.55. The Bertz CT molecular complexity index is 1090. The van der Waals surface area contributed by atoms with Gasteiger partial charge in [0.05, 0.1) is 10.9 Å². The number of aromatic nitrogens is 2. The highest BCUT2D eigenvalue weighted by molar-refractivity contribution is 9.10. The Kier molecular flexibility index (Phi) is 5.38. The number of aromatic amines is 1. The normalized spacial score (nSPS) is 12.1. The van der Waals surface area contributed by atoms with E-state index >= 15 is 0 Å². The maximum Gasteiger partial charge on any atom is 0.261 e. The number of nitrogens with zero attached hydrogens (tertiary/aromatic N) is 1. The van der Waals surface area contributed by atoms with Crippen molar-refractivity contribution in [3.8, 4) is 0 Å². The number of benzene rings is 2. The van der Waals surface area contributed by atoms with Gasteiger partial charge in [0.15, 0.2) is 4.77 Å². The van der Waals surface area contributed by atoms with Crippen LogP contribution in [0.1, 0.15) is 22.8 Å². The summed E-state index contributed by atoms with van der Waals surface area (Å²) in [5.74, 6) is -0.184. The summed E-state index contributed by atoms with van der Waals surface area (Å²) in [4.78, 5) is 27.7. The second-order valence-electron chi connectivity index (χ2n) is 6.26. The lowest BCUT2D eigenvalue weighted by atomic mass is 10.1. The first-order valence-electron chi connectivity index (χ1n) is 8.13. The van der Waals surface area contributed by atoms with E-state index in [1.54, 1.807) is 25.2 Å². The van der Waals surface area contributed by atoms with Crippen LogP contribution in [0, 0.1) is 4.77 Å². The number of fused-ring (bicyclic) bond motifs is 1. The standard InChI is InChI=1S/C19H18BrN3O2S/c1-11(9-12-3-6-14(20)7-4-12)21-17(24)13-5-8-15-16(10-13)22-19(26)23(2)18(15)25/h3-8,10-11H,9H2,1-2H3,(H,21,24)(H,22,26)/t11-/m1/s1. The first-order valence-corrected chi connectivity index (χ1v) is 9.33. The Morgan fingerprint density at radius 1 is 1.27 bits per heavy atom. The Balaban J connectivity index is 1.79. The lowest BCUT2D eigenvalue weighted by Gasteiger charge is -2.14. The summed E-state index contributed by atoms with van der Waals surface area (Å²) in [7, 11) is 1.62. The molecule has 1 heterocycles. The number of carbonyl (C=O) groups is 1. The zero-order valence-corrected chi connectivity index (χ0v) is 16.8. The molecule has 3 aromatic rings. The highest BCUT2D eigenvalue weighted by Crippen LogP contribution is 2.13. The minimum Gasteiger partial charge on any atom is -0.349 e. The molecule has 0 radical (unpaired) electrons. The van der Waals surface area contributed by atoms with Crippen molar-refractivity contribution >= 4 is 45.0 Å². The average Bonchev–Trinajstić information content (AvgIpc) is 2.61. The molecule has 5 nitrogen and oxygen atoms in total. The van der Waals surface area contributed by atoms with E-state index in [2.05, 4.69) is 26.2 Å². The molecule has 0 aliphatic heterocycles. The summed E-state index contributed by atoms with van der Waals surface area (Å²) in [6.45, 7) is 1.96. The number of halogens is 1. The first-order chi connectivity index (χ1) is 12.3. The fraction of sp³-hybridized carbons (Fsp3) is 0.211. The van der Waals surface area contributed by atoms with E-state index in [9.17, 15) is 9.59 Å². The van der Waals surface area contributed by atoms with Crippen molar-refractivity contribution in [2.45, 2.75) is 19.4 Å². The topological polar surface area (TPSA) is 66.9 Å². The van der Waals surface area contributed by atoms with Crippen LogP contribution in [0.3, 0.4) is 0 Å². The Hall–Kier alpha value is -2.25. The number of nitrogens with one attached hydrogen (secondary N) is 2. The molecular formula is C19H18BrN3O2S. The van der Waals surface area contributed by atoms with Gasteiger partial charge in [-0.1, -0.05) is 28.1 Å². The predicted octanol–water partition coefficient (Wildman–Crippen LogP) is 3.72. The Labute approximate surface area is 164 Å². The summed E-state index contributed by atoms with van der Waals surface area (Å²) in [5.41, 5.74) is 2.01. The predicted molar refractivity (Wildman–Crippen MR) is 109 cm³/mol. The van der Waals surface area contributed by atoms with Crippen molar-refractivity contribution in [2.75, 3.05) is 0 Å². The molecule has 0 bridgehead atoms. The van der Waals surface area contributed by atoms with E-state index in [0.29, 0.717) is 21.2 Å². The lowest BCUT2D eigenvalue weighted by Crippen LogP contribution is -2.34. The van der Waals surface area contributed by atoms with Crippen LogP contribution in [0.5, 0.6) is 0 Å². The van der Waals surface area contributed by atoms with Gasteiger partial charge in [0, 0.05) is 23.1 Å². The molecule has 2 N–H and O–H groups in total. The molecular weight excluding hydrogens is 414 g/mol. The molecule has 0 aliphatic carbocycles. The zero-order chi connectivity index (χ0) is 18.8. The molecule has 0 saturated carbocycles. The van der Waals surface area contributed by atoms with E-state index < -0.39 is 0 Å². The van der Waals surface area contributed by atoms with Gasteiger partial charge < -0.3 is 10.3 Å². The molecule has 134 valence electrons. The molecule has 26 heavy (non-hydrogen) atoms. The average molecular weight is 432 g/mol. The molecule has 1 amide bonds. The van der Waals surface area contributed by atoms with E-state index in [-0.39, 0.29) is 17.5 Å². The molecule has 2 aromatic carbocycles. The molecule has 0 spiro atoms. The minimum absolute atomic E-state index is 0.0264. The van der Waals surface area contributed by atoms with Crippen LogP contribution in [0.4, 0.5) is 0 Å². The van der Waals surface area contributed by atoms with Crippen molar-refractivity contribution in [1.82, 2.24) is 14.9 Å². The van der Waals surface area contributed by atoms with Gasteiger partial charge in [-0.15, -0.1) is 0 Å². The second kappa shape index (κ2) is 7.55. The number of amides is 1. The maximum atomic E-state index is 12.5. The third-order valence-corrected chi connectivity index (χ3v) is 5.10. The summed E-state index contributed by atoms with van der Waals surface area (Å²) in [5, 5.41) is 3.49. The fourth-order valence-electron chi connectivity index (χ4n) is 2.78. The third-order valence-electron chi connectivity index (χ3n) is 4.20. The van der Waals surface area contributed by atoms with Crippen LogP contribution >= 0.6 is 28.1 Å². The van der Waals surface area contributed by atoms with Gasteiger partial charge in [-0.3, -0.25) is 14.2 Å². The van der Waals surface area contributed by atoms with Gasteiger partial charge in [-0.25, -0.2) is 0 Å². The van der Waals surface area contributed by atoms with Crippen LogP contribution in [0.15, 0.2) is 51.7 Å². The highest BCUT2D eigenvalue weighted by atomic mass is 79.9. The van der Waals surface area contributed by atoms with Crippen LogP contribution in [-0.4, -0.2) is 21.5 Å². The van der Waals surface area contributed by atoms with Crippen LogP contribution in [0.2, 0.25) is 0 Å². The SMILES string of the molecule is C[C@H](Cc1ccc(Br)cc1)NC(=O)c1ccc2c(=O)n(C)c(=S)[nH]c2c1. The fourth-order valence-corrected chi connectivity index (χ4v) is 3.24. The van der Waals surface area contributed by atoms with E-state index in [1.165, 1.54) is 4.57 Å². The second-order valence-corrected chi connectivity index (χ2v) is 7.56. The van der Waals surface area contributed by atoms with Gasteiger partial charge in [0.25, 0.3) is 11.5 Å². The molecule has 0 saturated heterocycles. The van der Waals surface area contributed by atoms with Gasteiger partial charge in [-0.2, -0.15) is 0 Å². The molecule has 1 atom stereocenters. The van der Waals surface area contributed by atoms with Crippen molar-refractivity contribution in [3.63, 3.8) is 0 Å². The van der Waals surface area contributed by atoms with Crippen LogP contribution in [-0.2, 0) is 13.5 Å². The summed E-state index contributed by atoms with van der Waals surface area (Å²) in [6, 6.07) is 13.0. The largest absolute Gasteiger partial charge is 0.349 e. The summed E-state index contributed by atoms with van der Waals surface area (Å²) < 4.78 is 2.72. The maximum absolute atomic E-state index is 12.5. The molecule has 7 heteroatoms. The number of hydrogen-bond donors (Lipinski definition) is 2. The van der Waals surface area contributed by atoms with Crippen LogP contribution in [0.25, 0.3) is 10.9 Å². The first kappa shape index (κ1) is 18.5. The molecule has 3 rings (SSSR count). The highest BCUT2D eigenvalue weighted by Gasteiger charge is 2.12. The van der Waals surface area contributed by atoms with Crippen molar-refractivity contribution in [1.29, 1.82) is 0 Å². The summed E-state index contributed by atoms with van der Waals surface area (Å²) in [6.07, 6.45) is 0.732. The minimum atomic E-state index is -0.184. The van der Waals surface area contributed by atoms with Crippen molar-refractivity contribution in [3.05, 3.63) is 73.2 Å². The van der Waals surface area contributed by atoms with Gasteiger partial charge in [0.1, 0.15) is 0 Å². The zero-order valence-electron chi connectivity index (χ0n) is 14.4. The number of H-pyrrole nitrogens is 1. The van der Waals surface area contributed by atoms with Gasteiger partial charge in [0.2, 0.25) is 0 Å². The van der Waals surface area contributed by atoms with Crippen molar-refractivity contribution in [2.24, 2.45) is 7.05 Å². The molecule has 1 aromatic heterocycles. The van der Waals surface area contributed by atoms with Crippen molar-refractivity contribution < 1.29 is 4.79 Å². The molecule has 0 aliphatic rings. The number of hydrogen-bond acceptors (Lipinski definition) is 3. The van der Waals surface area contributed by atoms with E-state index in [4.69, 9.17) is 12.2 Å². The van der Waals surface area contributed by atoms with Crippen LogP contribution < -0.4 is 10.9 Å². The van der Waals surface area contributed by atoms with E-state index in [1.807, 2.05) is 31.2 Å².